The fourth-order valence-corrected chi connectivity index (χ4v) is 2.04. The SMILES string of the molecule is O=[N+]([O-])c1cccc(CNCc2c(F)cccc2Cl)c1. The Balaban J connectivity index is 1.99. The summed E-state index contributed by atoms with van der Waals surface area (Å²) < 4.78 is 13.5. The summed E-state index contributed by atoms with van der Waals surface area (Å²) in [5, 5.41) is 14.0. The van der Waals surface area contributed by atoms with Crippen LogP contribution in [0.3, 0.4) is 0 Å². The van der Waals surface area contributed by atoms with Gasteiger partial charge in [0.05, 0.1) is 4.92 Å². The Morgan fingerprint density at radius 3 is 2.65 bits per heavy atom. The number of rotatable bonds is 5. The number of nitrogens with zero attached hydrogens (tertiary/aromatic N) is 1. The highest BCUT2D eigenvalue weighted by Crippen LogP contribution is 2.19. The number of nitro benzene ring substituents is 1. The van der Waals surface area contributed by atoms with Gasteiger partial charge < -0.3 is 5.32 Å². The predicted octanol–water partition coefficient (Wildman–Crippen LogP) is 3.68. The van der Waals surface area contributed by atoms with Gasteiger partial charge in [0, 0.05) is 35.8 Å². The van der Waals surface area contributed by atoms with Gasteiger partial charge in [-0.05, 0) is 17.7 Å². The van der Waals surface area contributed by atoms with Crippen LogP contribution in [0.2, 0.25) is 5.02 Å². The van der Waals surface area contributed by atoms with Crippen LogP contribution in [0.4, 0.5) is 10.1 Å². The number of benzene rings is 2. The molecule has 0 amide bonds. The summed E-state index contributed by atoms with van der Waals surface area (Å²) >= 11 is 5.91. The Morgan fingerprint density at radius 1 is 1.20 bits per heavy atom. The lowest BCUT2D eigenvalue weighted by Gasteiger charge is -2.08. The molecule has 0 aliphatic carbocycles. The smallest absolute Gasteiger partial charge is 0.269 e. The van der Waals surface area contributed by atoms with E-state index in [0.717, 1.165) is 5.56 Å². The summed E-state index contributed by atoms with van der Waals surface area (Å²) in [4.78, 5) is 10.2. The van der Waals surface area contributed by atoms with E-state index in [2.05, 4.69) is 5.32 Å². The van der Waals surface area contributed by atoms with Gasteiger partial charge in [0.15, 0.2) is 0 Å². The largest absolute Gasteiger partial charge is 0.308 e. The molecule has 1 N–H and O–H groups in total. The molecule has 0 saturated carbocycles. The number of nitro groups is 1. The molecule has 6 heteroatoms. The molecule has 0 heterocycles. The predicted molar refractivity (Wildman–Crippen MR) is 75.1 cm³/mol. The molecule has 0 aliphatic heterocycles. The molecule has 2 rings (SSSR count). The Labute approximate surface area is 120 Å². The average molecular weight is 295 g/mol. The third-order valence-corrected chi connectivity index (χ3v) is 3.17. The lowest BCUT2D eigenvalue weighted by atomic mass is 10.2. The van der Waals surface area contributed by atoms with Crippen LogP contribution >= 0.6 is 11.6 Å². The molecule has 0 aromatic heterocycles. The number of nitrogens with one attached hydrogen (secondary N) is 1. The van der Waals surface area contributed by atoms with Crippen molar-refractivity contribution < 1.29 is 9.31 Å². The van der Waals surface area contributed by atoms with E-state index in [1.165, 1.54) is 18.2 Å². The molecule has 0 fully saturated rings. The maximum atomic E-state index is 13.5. The number of hydrogen-bond donors (Lipinski definition) is 1. The summed E-state index contributed by atoms with van der Waals surface area (Å²) in [5.41, 5.74) is 1.18. The molecule has 0 aliphatic rings. The molecule has 104 valence electrons. The summed E-state index contributed by atoms with van der Waals surface area (Å²) in [6.45, 7) is 0.653. The summed E-state index contributed by atoms with van der Waals surface area (Å²) in [5.74, 6) is -0.371. The number of hydrogen-bond acceptors (Lipinski definition) is 3. The van der Waals surface area contributed by atoms with Crippen molar-refractivity contribution in [1.82, 2.24) is 5.32 Å². The Morgan fingerprint density at radius 2 is 1.95 bits per heavy atom. The van der Waals surface area contributed by atoms with Crippen LogP contribution < -0.4 is 5.32 Å². The minimum atomic E-state index is -0.447. The van der Waals surface area contributed by atoms with Crippen LogP contribution in [0.1, 0.15) is 11.1 Å². The van der Waals surface area contributed by atoms with Gasteiger partial charge in [-0.2, -0.15) is 0 Å². The molecule has 0 bridgehead atoms. The second-order valence-electron chi connectivity index (χ2n) is 4.23. The van der Waals surface area contributed by atoms with Gasteiger partial charge in [-0.15, -0.1) is 0 Å². The van der Waals surface area contributed by atoms with Gasteiger partial charge in [-0.1, -0.05) is 29.8 Å². The van der Waals surface area contributed by atoms with Crippen molar-refractivity contribution in [2.45, 2.75) is 13.1 Å². The van der Waals surface area contributed by atoms with E-state index in [0.29, 0.717) is 17.1 Å². The quantitative estimate of drug-likeness (QED) is 0.676. The minimum absolute atomic E-state index is 0.0354. The zero-order valence-corrected chi connectivity index (χ0v) is 11.2. The maximum absolute atomic E-state index is 13.5. The molecular weight excluding hydrogens is 283 g/mol. The zero-order valence-electron chi connectivity index (χ0n) is 10.5. The highest BCUT2D eigenvalue weighted by molar-refractivity contribution is 6.31. The van der Waals surface area contributed by atoms with Crippen molar-refractivity contribution in [1.29, 1.82) is 0 Å². The van der Waals surface area contributed by atoms with E-state index in [9.17, 15) is 14.5 Å². The van der Waals surface area contributed by atoms with Crippen molar-refractivity contribution in [2.75, 3.05) is 0 Å². The summed E-state index contributed by atoms with van der Waals surface area (Å²) in [6, 6.07) is 10.8. The average Bonchev–Trinajstić information content (AvgIpc) is 2.42. The minimum Gasteiger partial charge on any atom is -0.308 e. The lowest BCUT2D eigenvalue weighted by Crippen LogP contribution is -2.14. The molecule has 4 nitrogen and oxygen atoms in total. The number of non-ortho nitro benzene ring substituents is 1. The normalized spacial score (nSPS) is 10.5. The van der Waals surface area contributed by atoms with Gasteiger partial charge in [0.25, 0.3) is 5.69 Å². The van der Waals surface area contributed by atoms with E-state index < -0.39 is 4.92 Å². The second-order valence-corrected chi connectivity index (χ2v) is 4.64. The monoisotopic (exact) mass is 294 g/mol. The van der Waals surface area contributed by atoms with E-state index in [1.54, 1.807) is 24.3 Å². The van der Waals surface area contributed by atoms with Crippen LogP contribution in [0, 0.1) is 15.9 Å². The van der Waals surface area contributed by atoms with Crippen molar-refractivity contribution in [2.24, 2.45) is 0 Å². The molecule has 0 saturated heterocycles. The fourth-order valence-electron chi connectivity index (χ4n) is 1.81. The van der Waals surface area contributed by atoms with Crippen LogP contribution in [0.25, 0.3) is 0 Å². The maximum Gasteiger partial charge on any atom is 0.269 e. The molecule has 0 spiro atoms. The number of halogens is 2. The first-order valence-corrected chi connectivity index (χ1v) is 6.32. The van der Waals surface area contributed by atoms with Gasteiger partial charge in [-0.25, -0.2) is 4.39 Å². The van der Waals surface area contributed by atoms with Crippen LogP contribution in [-0.2, 0) is 13.1 Å². The van der Waals surface area contributed by atoms with Crippen molar-refractivity contribution in [3.8, 4) is 0 Å². The van der Waals surface area contributed by atoms with E-state index in [4.69, 9.17) is 11.6 Å². The lowest BCUT2D eigenvalue weighted by molar-refractivity contribution is -0.384. The Hall–Kier alpha value is -1.98. The fraction of sp³-hybridized carbons (Fsp3) is 0.143. The second kappa shape index (κ2) is 6.45. The van der Waals surface area contributed by atoms with E-state index in [1.807, 2.05) is 0 Å². The highest BCUT2D eigenvalue weighted by atomic mass is 35.5. The summed E-state index contributed by atoms with van der Waals surface area (Å²) in [7, 11) is 0. The third kappa shape index (κ3) is 3.53. The van der Waals surface area contributed by atoms with Crippen LogP contribution in [-0.4, -0.2) is 4.92 Å². The molecule has 2 aromatic rings. The molecular formula is C14H12ClFN2O2. The first-order chi connectivity index (χ1) is 9.58. The zero-order chi connectivity index (χ0) is 14.5. The first-order valence-electron chi connectivity index (χ1n) is 5.95. The van der Waals surface area contributed by atoms with Crippen molar-refractivity contribution in [3.63, 3.8) is 0 Å². The molecule has 20 heavy (non-hydrogen) atoms. The highest BCUT2D eigenvalue weighted by Gasteiger charge is 2.08. The van der Waals surface area contributed by atoms with Gasteiger partial charge in [0.2, 0.25) is 0 Å². The Kier molecular flexibility index (Phi) is 4.65. The van der Waals surface area contributed by atoms with Crippen LogP contribution in [0.15, 0.2) is 42.5 Å². The van der Waals surface area contributed by atoms with E-state index >= 15 is 0 Å². The van der Waals surface area contributed by atoms with Crippen molar-refractivity contribution in [3.05, 3.63) is 74.5 Å². The standard InChI is InChI=1S/C14H12ClFN2O2/c15-13-5-2-6-14(16)12(13)9-17-8-10-3-1-4-11(7-10)18(19)20/h1-7,17H,8-9H2. The molecule has 0 unspecified atom stereocenters. The van der Waals surface area contributed by atoms with Gasteiger partial charge in [0.1, 0.15) is 5.82 Å². The molecule has 0 radical (unpaired) electrons. The van der Waals surface area contributed by atoms with Gasteiger partial charge in [-0.3, -0.25) is 10.1 Å². The topological polar surface area (TPSA) is 55.2 Å². The van der Waals surface area contributed by atoms with Crippen LogP contribution in [0.5, 0.6) is 0 Å². The Bertz CT molecular complexity index is 614. The van der Waals surface area contributed by atoms with Crippen molar-refractivity contribution >= 4 is 17.3 Å². The summed E-state index contributed by atoms with van der Waals surface area (Å²) in [6.07, 6.45) is 0. The molecule has 2 aromatic carbocycles. The van der Waals surface area contributed by atoms with E-state index in [-0.39, 0.29) is 18.0 Å². The first kappa shape index (κ1) is 14.4. The molecule has 0 atom stereocenters. The third-order valence-electron chi connectivity index (χ3n) is 2.81. The van der Waals surface area contributed by atoms with Gasteiger partial charge >= 0.3 is 0 Å².